The van der Waals surface area contributed by atoms with Crippen LogP contribution in [0.4, 0.5) is 5.82 Å². The van der Waals surface area contributed by atoms with Crippen LogP contribution < -0.4 is 15.8 Å². The number of anilines is 1. The van der Waals surface area contributed by atoms with Crippen molar-refractivity contribution in [3.63, 3.8) is 0 Å². The highest BCUT2D eigenvalue weighted by Crippen LogP contribution is 2.12. The Balaban J connectivity index is 2.89. The van der Waals surface area contributed by atoms with Gasteiger partial charge in [0, 0.05) is 11.8 Å². The number of hydrogen-bond donors (Lipinski definition) is 2. The number of carbonyl (C=O) groups excluding carboxylic acids is 1. The summed E-state index contributed by atoms with van der Waals surface area (Å²) >= 11 is 0. The Labute approximate surface area is 94.2 Å². The van der Waals surface area contributed by atoms with Gasteiger partial charge in [-0.2, -0.15) is 4.98 Å². The fourth-order valence-corrected chi connectivity index (χ4v) is 0.974. The summed E-state index contributed by atoms with van der Waals surface area (Å²) < 4.78 is 4.90. The van der Waals surface area contributed by atoms with Gasteiger partial charge >= 0.3 is 6.01 Å². The minimum absolute atomic E-state index is 0.213. The number of rotatable bonds is 3. The average Bonchev–Trinajstić information content (AvgIpc) is 2.15. The number of aromatic nitrogens is 2. The van der Waals surface area contributed by atoms with E-state index in [0.29, 0.717) is 11.5 Å². The molecule has 3 N–H and O–H groups in total. The van der Waals surface area contributed by atoms with E-state index in [0.717, 1.165) is 0 Å². The molecule has 0 aliphatic rings. The molecule has 0 aliphatic carbocycles. The molecule has 0 aliphatic heterocycles. The summed E-state index contributed by atoms with van der Waals surface area (Å²) in [5.41, 5.74) is 5.40. The minimum Gasteiger partial charge on any atom is -0.467 e. The molecule has 16 heavy (non-hydrogen) atoms. The Morgan fingerprint density at radius 2 is 2.12 bits per heavy atom. The summed E-state index contributed by atoms with van der Waals surface area (Å²) in [6.07, 6.45) is 0. The maximum absolute atomic E-state index is 11.6. The van der Waals surface area contributed by atoms with Crippen LogP contribution in [0.3, 0.4) is 0 Å². The Morgan fingerprint density at radius 3 is 2.62 bits per heavy atom. The third-order valence-electron chi connectivity index (χ3n) is 1.84. The first kappa shape index (κ1) is 12.4. The first-order valence-electron chi connectivity index (χ1n) is 4.83. The molecule has 1 rings (SSSR count). The van der Waals surface area contributed by atoms with Crippen molar-refractivity contribution in [2.45, 2.75) is 26.3 Å². The largest absolute Gasteiger partial charge is 0.467 e. The molecule has 1 aromatic rings. The van der Waals surface area contributed by atoms with Crippen molar-refractivity contribution in [1.29, 1.82) is 0 Å². The number of methoxy groups -OCH3 is 1. The lowest BCUT2D eigenvalue weighted by atomic mass is 10.1. The zero-order chi connectivity index (χ0) is 12.3. The molecule has 0 atom stereocenters. The quantitative estimate of drug-likeness (QED) is 0.778. The van der Waals surface area contributed by atoms with Crippen LogP contribution in [0.15, 0.2) is 6.07 Å². The zero-order valence-electron chi connectivity index (χ0n) is 9.87. The normalized spacial score (nSPS) is 11.1. The van der Waals surface area contributed by atoms with E-state index in [1.54, 1.807) is 26.8 Å². The molecular weight excluding hydrogens is 208 g/mol. The predicted molar refractivity (Wildman–Crippen MR) is 60.2 cm³/mol. The highest BCUT2D eigenvalue weighted by Gasteiger charge is 2.22. The van der Waals surface area contributed by atoms with Gasteiger partial charge in [0.05, 0.1) is 12.6 Å². The maximum Gasteiger partial charge on any atom is 0.318 e. The van der Waals surface area contributed by atoms with E-state index in [-0.39, 0.29) is 11.9 Å². The van der Waals surface area contributed by atoms with Gasteiger partial charge in [-0.15, -0.1) is 0 Å². The van der Waals surface area contributed by atoms with Crippen LogP contribution in [-0.4, -0.2) is 28.5 Å². The van der Waals surface area contributed by atoms with Gasteiger partial charge in [-0.25, -0.2) is 4.98 Å². The second kappa shape index (κ2) is 4.44. The number of ether oxygens (including phenoxy) is 1. The molecule has 1 aromatic heterocycles. The molecule has 1 heterocycles. The number of hydrogen-bond acceptors (Lipinski definition) is 5. The highest BCUT2D eigenvalue weighted by atomic mass is 16.5. The molecule has 0 spiro atoms. The lowest BCUT2D eigenvalue weighted by Gasteiger charge is -2.17. The second-order valence-corrected chi connectivity index (χ2v) is 4.06. The first-order valence-corrected chi connectivity index (χ1v) is 4.83. The maximum atomic E-state index is 11.6. The van der Waals surface area contributed by atoms with Crippen LogP contribution in [0.5, 0.6) is 6.01 Å². The van der Waals surface area contributed by atoms with E-state index in [2.05, 4.69) is 15.3 Å². The number of aryl methyl sites for hydroxylation is 1. The van der Waals surface area contributed by atoms with E-state index in [9.17, 15) is 4.79 Å². The second-order valence-electron chi connectivity index (χ2n) is 4.06. The molecule has 88 valence electrons. The number of nitrogens with two attached hydrogens (primary N) is 1. The summed E-state index contributed by atoms with van der Waals surface area (Å²) in [5, 5.41) is 2.60. The standard InChI is InChI=1S/C10H16N4O2/c1-6-5-7(14-9(12-6)16-4)13-8(15)10(2,3)11/h5H,11H2,1-4H3,(H,12,13,14,15). The molecule has 0 saturated heterocycles. The van der Waals surface area contributed by atoms with Gasteiger partial charge in [-0.3, -0.25) is 4.79 Å². The SMILES string of the molecule is COc1nc(C)cc(NC(=O)C(C)(C)N)n1. The van der Waals surface area contributed by atoms with Crippen molar-refractivity contribution < 1.29 is 9.53 Å². The van der Waals surface area contributed by atoms with Gasteiger partial charge in [0.25, 0.3) is 0 Å². The summed E-state index contributed by atoms with van der Waals surface area (Å²) in [6.45, 7) is 5.02. The summed E-state index contributed by atoms with van der Waals surface area (Å²) in [5.74, 6) is 0.0699. The van der Waals surface area contributed by atoms with Crippen molar-refractivity contribution >= 4 is 11.7 Å². The third-order valence-corrected chi connectivity index (χ3v) is 1.84. The van der Waals surface area contributed by atoms with Gasteiger partial charge in [0.1, 0.15) is 5.82 Å². The van der Waals surface area contributed by atoms with Gasteiger partial charge in [0.15, 0.2) is 0 Å². The Bertz CT molecular complexity index is 398. The van der Waals surface area contributed by atoms with Gasteiger partial charge < -0.3 is 15.8 Å². The van der Waals surface area contributed by atoms with E-state index >= 15 is 0 Å². The number of amides is 1. The number of carbonyl (C=O) groups is 1. The van der Waals surface area contributed by atoms with Gasteiger partial charge in [-0.05, 0) is 20.8 Å². The molecule has 6 heteroatoms. The summed E-state index contributed by atoms with van der Waals surface area (Å²) in [4.78, 5) is 19.6. The molecule has 0 bridgehead atoms. The molecule has 6 nitrogen and oxygen atoms in total. The predicted octanol–water partition coefficient (Wildman–Crippen LogP) is 0.469. The fourth-order valence-electron chi connectivity index (χ4n) is 0.974. The average molecular weight is 224 g/mol. The third kappa shape index (κ3) is 3.16. The summed E-state index contributed by atoms with van der Waals surface area (Å²) in [6, 6.07) is 1.86. The number of nitrogens with one attached hydrogen (secondary N) is 1. The molecule has 0 saturated carbocycles. The number of nitrogens with zero attached hydrogens (tertiary/aromatic N) is 2. The highest BCUT2D eigenvalue weighted by molar-refractivity contribution is 5.96. The molecule has 0 radical (unpaired) electrons. The lowest BCUT2D eigenvalue weighted by molar-refractivity contribution is -0.120. The fraction of sp³-hybridized carbons (Fsp3) is 0.500. The zero-order valence-corrected chi connectivity index (χ0v) is 9.87. The van der Waals surface area contributed by atoms with E-state index in [1.807, 2.05) is 0 Å². The van der Waals surface area contributed by atoms with Crippen molar-refractivity contribution in [3.05, 3.63) is 11.8 Å². The van der Waals surface area contributed by atoms with Crippen molar-refractivity contribution in [2.75, 3.05) is 12.4 Å². The lowest BCUT2D eigenvalue weighted by Crippen LogP contribution is -2.45. The topological polar surface area (TPSA) is 90.1 Å². The minimum atomic E-state index is -0.952. The van der Waals surface area contributed by atoms with Crippen LogP contribution in [0, 0.1) is 6.92 Å². The molecular formula is C10H16N4O2. The Morgan fingerprint density at radius 1 is 1.50 bits per heavy atom. The molecule has 1 amide bonds. The molecule has 0 unspecified atom stereocenters. The van der Waals surface area contributed by atoms with E-state index in [1.165, 1.54) is 7.11 Å². The van der Waals surface area contributed by atoms with E-state index < -0.39 is 5.54 Å². The van der Waals surface area contributed by atoms with E-state index in [4.69, 9.17) is 10.5 Å². The monoisotopic (exact) mass is 224 g/mol. The van der Waals surface area contributed by atoms with Crippen LogP contribution in [-0.2, 0) is 4.79 Å². The molecule has 0 fully saturated rings. The smallest absolute Gasteiger partial charge is 0.318 e. The van der Waals surface area contributed by atoms with Crippen LogP contribution in [0.25, 0.3) is 0 Å². The Kier molecular flexibility index (Phi) is 3.44. The van der Waals surface area contributed by atoms with Crippen molar-refractivity contribution in [1.82, 2.24) is 9.97 Å². The summed E-state index contributed by atoms with van der Waals surface area (Å²) in [7, 11) is 1.47. The van der Waals surface area contributed by atoms with Crippen molar-refractivity contribution in [2.24, 2.45) is 5.73 Å². The first-order chi connectivity index (χ1) is 7.32. The Hall–Kier alpha value is -1.69. The van der Waals surface area contributed by atoms with Gasteiger partial charge in [-0.1, -0.05) is 0 Å². The van der Waals surface area contributed by atoms with Crippen LogP contribution >= 0.6 is 0 Å². The van der Waals surface area contributed by atoms with Crippen LogP contribution in [0.1, 0.15) is 19.5 Å². The van der Waals surface area contributed by atoms with Crippen LogP contribution in [0.2, 0.25) is 0 Å². The molecule has 0 aromatic carbocycles. The van der Waals surface area contributed by atoms with Crippen molar-refractivity contribution in [3.8, 4) is 6.01 Å². The van der Waals surface area contributed by atoms with Gasteiger partial charge in [0.2, 0.25) is 5.91 Å².